The van der Waals surface area contributed by atoms with E-state index >= 15 is 0 Å². The molecule has 0 saturated carbocycles. The van der Waals surface area contributed by atoms with Gasteiger partial charge in [-0.25, -0.2) is 17.2 Å². The predicted molar refractivity (Wildman–Crippen MR) is 85.3 cm³/mol. The van der Waals surface area contributed by atoms with Crippen molar-refractivity contribution in [1.82, 2.24) is 4.31 Å². The summed E-state index contributed by atoms with van der Waals surface area (Å²) in [7, 11) is -2.34. The monoisotopic (exact) mass is 363 g/mol. The van der Waals surface area contributed by atoms with Gasteiger partial charge in [-0.1, -0.05) is 0 Å². The number of piperidine rings is 1. The van der Waals surface area contributed by atoms with Gasteiger partial charge in [0.1, 0.15) is 16.5 Å². The van der Waals surface area contributed by atoms with Crippen LogP contribution >= 0.6 is 0 Å². The van der Waals surface area contributed by atoms with E-state index < -0.39 is 26.6 Å². The summed E-state index contributed by atoms with van der Waals surface area (Å²) in [5.74, 6) is -1.81. The highest BCUT2D eigenvalue weighted by Crippen LogP contribution is 2.26. The number of sulfonamides is 1. The third-order valence-corrected chi connectivity index (χ3v) is 5.99. The number of ether oxygens (including phenoxy) is 2. The van der Waals surface area contributed by atoms with Gasteiger partial charge in [0.25, 0.3) is 0 Å². The Balaban J connectivity index is 1.99. The number of methoxy groups -OCH3 is 1. The summed E-state index contributed by atoms with van der Waals surface area (Å²) >= 11 is 0. The van der Waals surface area contributed by atoms with Crippen LogP contribution in [0.1, 0.15) is 24.8 Å². The largest absolute Gasteiger partial charge is 0.385 e. The third kappa shape index (κ3) is 4.50. The minimum atomic E-state index is -3.97. The van der Waals surface area contributed by atoms with Crippen LogP contribution in [0.25, 0.3) is 0 Å². The number of rotatable bonds is 7. The second-order valence-corrected chi connectivity index (χ2v) is 7.76. The molecule has 1 aliphatic rings. The fourth-order valence-corrected chi connectivity index (χ4v) is 4.26. The molecule has 1 aromatic rings. The van der Waals surface area contributed by atoms with Crippen LogP contribution in [-0.2, 0) is 19.5 Å². The molecule has 1 saturated heterocycles. The van der Waals surface area contributed by atoms with Gasteiger partial charge in [0, 0.05) is 39.5 Å². The first-order valence-electron chi connectivity index (χ1n) is 7.92. The van der Waals surface area contributed by atoms with Crippen molar-refractivity contribution >= 4 is 10.0 Å². The number of hydrogen-bond acceptors (Lipinski definition) is 4. The van der Waals surface area contributed by atoms with Crippen LogP contribution in [0.2, 0.25) is 0 Å². The van der Waals surface area contributed by atoms with Crippen molar-refractivity contribution in [2.75, 3.05) is 33.4 Å². The molecule has 0 N–H and O–H groups in total. The Morgan fingerprint density at radius 2 is 1.83 bits per heavy atom. The molecule has 0 bridgehead atoms. The molecular formula is C16H23F2NO4S. The van der Waals surface area contributed by atoms with E-state index in [1.54, 1.807) is 7.11 Å². The van der Waals surface area contributed by atoms with Crippen LogP contribution in [-0.4, -0.2) is 52.2 Å². The summed E-state index contributed by atoms with van der Waals surface area (Å²) in [5.41, 5.74) is 0.103. The van der Waals surface area contributed by atoms with Crippen molar-refractivity contribution in [3.63, 3.8) is 0 Å². The lowest BCUT2D eigenvalue weighted by atomic mass is 10.1. The summed E-state index contributed by atoms with van der Waals surface area (Å²) in [6.45, 7) is 3.11. The second kappa shape index (κ2) is 8.33. The van der Waals surface area contributed by atoms with E-state index in [1.807, 2.05) is 0 Å². The molecule has 0 amide bonds. The zero-order valence-electron chi connectivity index (χ0n) is 13.9. The van der Waals surface area contributed by atoms with Crippen molar-refractivity contribution in [2.45, 2.75) is 37.2 Å². The highest BCUT2D eigenvalue weighted by molar-refractivity contribution is 7.89. The molecule has 1 aliphatic heterocycles. The van der Waals surface area contributed by atoms with Gasteiger partial charge in [0.2, 0.25) is 10.0 Å². The summed E-state index contributed by atoms with van der Waals surface area (Å²) in [5, 5.41) is 0. The molecule has 0 atom stereocenters. The van der Waals surface area contributed by atoms with Gasteiger partial charge in [0.15, 0.2) is 0 Å². The Kier molecular flexibility index (Phi) is 6.68. The van der Waals surface area contributed by atoms with Crippen LogP contribution in [0.4, 0.5) is 8.78 Å². The SMILES string of the molecule is COCCCOC1CCN(S(=O)(=O)c2cc(C)c(F)cc2F)CC1. The van der Waals surface area contributed by atoms with Gasteiger partial charge < -0.3 is 9.47 Å². The first kappa shape index (κ1) is 19.2. The Bertz CT molecular complexity index is 658. The Morgan fingerprint density at radius 1 is 1.17 bits per heavy atom. The summed E-state index contributed by atoms with van der Waals surface area (Å²) in [6.07, 6.45) is 1.88. The molecule has 8 heteroatoms. The highest BCUT2D eigenvalue weighted by atomic mass is 32.2. The molecule has 0 aromatic heterocycles. The fraction of sp³-hybridized carbons (Fsp3) is 0.625. The first-order valence-corrected chi connectivity index (χ1v) is 9.36. The normalized spacial score (nSPS) is 17.3. The van der Waals surface area contributed by atoms with E-state index in [1.165, 1.54) is 11.2 Å². The molecule has 5 nitrogen and oxygen atoms in total. The fourth-order valence-electron chi connectivity index (χ4n) is 2.66. The van der Waals surface area contributed by atoms with Crippen molar-refractivity contribution in [3.05, 3.63) is 29.3 Å². The lowest BCUT2D eigenvalue weighted by Gasteiger charge is -2.31. The summed E-state index contributed by atoms with van der Waals surface area (Å²) < 4.78 is 64.3. The number of nitrogens with zero attached hydrogens (tertiary/aromatic N) is 1. The van der Waals surface area contributed by atoms with Crippen LogP contribution in [0.3, 0.4) is 0 Å². The molecule has 0 aliphatic carbocycles. The van der Waals surface area contributed by atoms with Crippen molar-refractivity contribution in [3.8, 4) is 0 Å². The average Bonchev–Trinajstić information content (AvgIpc) is 2.55. The minimum Gasteiger partial charge on any atom is -0.385 e. The van der Waals surface area contributed by atoms with Crippen LogP contribution in [0.15, 0.2) is 17.0 Å². The van der Waals surface area contributed by atoms with Gasteiger partial charge in [-0.2, -0.15) is 4.31 Å². The molecule has 0 unspecified atom stereocenters. The molecule has 136 valence electrons. The zero-order valence-corrected chi connectivity index (χ0v) is 14.7. The second-order valence-electron chi connectivity index (χ2n) is 5.85. The summed E-state index contributed by atoms with van der Waals surface area (Å²) in [4.78, 5) is -0.471. The van der Waals surface area contributed by atoms with E-state index in [4.69, 9.17) is 9.47 Å². The number of aryl methyl sites for hydroxylation is 1. The number of halogens is 2. The van der Waals surface area contributed by atoms with Gasteiger partial charge in [-0.15, -0.1) is 0 Å². The molecular weight excluding hydrogens is 340 g/mol. The molecule has 2 rings (SSSR count). The van der Waals surface area contributed by atoms with Crippen molar-refractivity contribution < 1.29 is 26.7 Å². The van der Waals surface area contributed by atoms with Crippen LogP contribution in [0.5, 0.6) is 0 Å². The van der Waals surface area contributed by atoms with E-state index in [2.05, 4.69) is 0 Å². The number of benzene rings is 1. The van der Waals surface area contributed by atoms with Gasteiger partial charge >= 0.3 is 0 Å². The molecule has 1 aromatic carbocycles. The van der Waals surface area contributed by atoms with Crippen molar-refractivity contribution in [2.24, 2.45) is 0 Å². The maximum atomic E-state index is 13.9. The molecule has 0 radical (unpaired) electrons. The Hall–Kier alpha value is -1.09. The van der Waals surface area contributed by atoms with Crippen LogP contribution < -0.4 is 0 Å². The molecule has 1 heterocycles. The summed E-state index contributed by atoms with van der Waals surface area (Å²) in [6, 6.07) is 1.67. The third-order valence-electron chi connectivity index (χ3n) is 4.08. The Labute approximate surface area is 141 Å². The maximum absolute atomic E-state index is 13.9. The molecule has 24 heavy (non-hydrogen) atoms. The quantitative estimate of drug-likeness (QED) is 0.699. The first-order chi connectivity index (χ1) is 11.4. The minimum absolute atomic E-state index is 0.00638. The molecule has 1 fully saturated rings. The van der Waals surface area contributed by atoms with E-state index in [0.717, 1.165) is 12.5 Å². The predicted octanol–water partition coefficient (Wildman–Crippen LogP) is 2.48. The van der Waals surface area contributed by atoms with Gasteiger partial charge in [-0.05, 0) is 37.8 Å². The van der Waals surface area contributed by atoms with E-state index in [0.29, 0.717) is 32.1 Å². The zero-order chi connectivity index (χ0) is 17.7. The highest BCUT2D eigenvalue weighted by Gasteiger charge is 2.32. The van der Waals surface area contributed by atoms with Gasteiger partial charge in [-0.3, -0.25) is 0 Å². The van der Waals surface area contributed by atoms with E-state index in [-0.39, 0.29) is 24.8 Å². The topological polar surface area (TPSA) is 55.8 Å². The lowest BCUT2D eigenvalue weighted by Crippen LogP contribution is -2.41. The van der Waals surface area contributed by atoms with Crippen molar-refractivity contribution in [1.29, 1.82) is 0 Å². The maximum Gasteiger partial charge on any atom is 0.245 e. The number of hydrogen-bond donors (Lipinski definition) is 0. The molecule has 0 spiro atoms. The van der Waals surface area contributed by atoms with Gasteiger partial charge in [0.05, 0.1) is 6.10 Å². The lowest BCUT2D eigenvalue weighted by molar-refractivity contribution is 0.0120. The van der Waals surface area contributed by atoms with E-state index in [9.17, 15) is 17.2 Å². The standard InChI is InChI=1S/C16H23F2NO4S/c1-12-10-16(15(18)11-14(12)17)24(20,21)19-6-4-13(5-7-19)23-9-3-8-22-2/h10-11,13H,3-9H2,1-2H3. The Morgan fingerprint density at radius 3 is 2.46 bits per heavy atom. The smallest absolute Gasteiger partial charge is 0.245 e. The average molecular weight is 363 g/mol. The van der Waals surface area contributed by atoms with Crippen LogP contribution in [0, 0.1) is 18.6 Å².